The van der Waals surface area contributed by atoms with Gasteiger partial charge in [0.05, 0.1) is 17.3 Å². The van der Waals surface area contributed by atoms with E-state index < -0.39 is 0 Å². The van der Waals surface area contributed by atoms with Crippen molar-refractivity contribution in [2.45, 2.75) is 44.6 Å². The minimum Gasteiger partial charge on any atom is -0.359 e. The number of anilines is 2. The van der Waals surface area contributed by atoms with Crippen LogP contribution in [0.15, 0.2) is 18.2 Å². The largest absolute Gasteiger partial charge is 0.359 e. The lowest BCUT2D eigenvalue weighted by molar-refractivity contribution is -0.120. The fourth-order valence-electron chi connectivity index (χ4n) is 3.46. The number of nitrogens with zero attached hydrogens (tertiary/aromatic N) is 1. The first kappa shape index (κ1) is 17.9. The number of hydrogen-bond acceptors (Lipinski definition) is 3. The van der Waals surface area contributed by atoms with E-state index in [4.69, 9.17) is 11.6 Å². The average Bonchev–Trinajstić information content (AvgIpc) is 2.83. The van der Waals surface area contributed by atoms with Gasteiger partial charge in [-0.3, -0.25) is 4.79 Å². The molecule has 1 heterocycles. The monoisotopic (exact) mass is 364 g/mol. The maximum absolute atomic E-state index is 12.2. The van der Waals surface area contributed by atoms with Crippen molar-refractivity contribution in [3.63, 3.8) is 0 Å². The highest BCUT2D eigenvalue weighted by molar-refractivity contribution is 6.33. The number of carbonyl (C=O) groups is 2. The van der Waals surface area contributed by atoms with E-state index in [0.29, 0.717) is 23.8 Å². The third kappa shape index (κ3) is 5.01. The van der Waals surface area contributed by atoms with Crippen LogP contribution in [0.2, 0.25) is 5.02 Å². The Balaban J connectivity index is 1.58. The van der Waals surface area contributed by atoms with Gasteiger partial charge in [0.25, 0.3) is 0 Å². The zero-order valence-corrected chi connectivity index (χ0v) is 15.1. The Bertz CT molecular complexity index is 630. The summed E-state index contributed by atoms with van der Waals surface area (Å²) in [5.74, 6) is -0.00713. The van der Waals surface area contributed by atoms with E-state index in [-0.39, 0.29) is 18.0 Å². The van der Waals surface area contributed by atoms with Crippen LogP contribution in [0.5, 0.6) is 0 Å². The van der Waals surface area contributed by atoms with Gasteiger partial charge < -0.3 is 20.9 Å². The van der Waals surface area contributed by atoms with Crippen LogP contribution in [-0.2, 0) is 4.79 Å². The summed E-state index contributed by atoms with van der Waals surface area (Å²) in [4.78, 5) is 25.7. The Morgan fingerprint density at radius 2 is 1.96 bits per heavy atom. The van der Waals surface area contributed by atoms with Crippen LogP contribution in [-0.4, -0.2) is 37.6 Å². The maximum atomic E-state index is 12.2. The van der Waals surface area contributed by atoms with Gasteiger partial charge in [-0.1, -0.05) is 37.3 Å². The summed E-state index contributed by atoms with van der Waals surface area (Å²) in [7, 11) is 0. The van der Waals surface area contributed by atoms with Gasteiger partial charge in [-0.2, -0.15) is 0 Å². The normalized spacial score (nSPS) is 19.1. The van der Waals surface area contributed by atoms with Gasteiger partial charge in [-0.15, -0.1) is 0 Å². The molecule has 2 aliphatic rings. The number of nitrogens with one attached hydrogen (secondary N) is 3. The van der Waals surface area contributed by atoms with Crippen molar-refractivity contribution in [2.24, 2.45) is 0 Å². The minimum atomic E-state index is -0.187. The first-order chi connectivity index (χ1) is 12.1. The van der Waals surface area contributed by atoms with Crippen LogP contribution < -0.4 is 20.9 Å². The molecular weight excluding hydrogens is 340 g/mol. The molecule has 0 radical (unpaired) electrons. The summed E-state index contributed by atoms with van der Waals surface area (Å²) in [6.07, 6.45) is 6.95. The quantitative estimate of drug-likeness (QED) is 0.721. The SMILES string of the molecule is O=C1CN(c2ccc(NC(=O)NC3CCCCCC3)cc2Cl)CCN1. The molecule has 3 N–H and O–H groups in total. The van der Waals surface area contributed by atoms with E-state index in [0.717, 1.165) is 25.1 Å². The summed E-state index contributed by atoms with van der Waals surface area (Å²) in [5.41, 5.74) is 1.47. The van der Waals surface area contributed by atoms with Crippen molar-refractivity contribution >= 4 is 34.9 Å². The molecule has 0 spiro atoms. The van der Waals surface area contributed by atoms with Crippen molar-refractivity contribution in [1.82, 2.24) is 10.6 Å². The Hall–Kier alpha value is -1.95. The molecule has 25 heavy (non-hydrogen) atoms. The molecule has 7 heteroatoms. The molecule has 2 fully saturated rings. The van der Waals surface area contributed by atoms with Gasteiger partial charge >= 0.3 is 6.03 Å². The van der Waals surface area contributed by atoms with Crippen LogP contribution in [0.3, 0.4) is 0 Å². The summed E-state index contributed by atoms with van der Waals surface area (Å²) >= 11 is 6.36. The Morgan fingerprint density at radius 3 is 2.64 bits per heavy atom. The number of rotatable bonds is 3. The number of urea groups is 1. The van der Waals surface area contributed by atoms with Crippen molar-refractivity contribution < 1.29 is 9.59 Å². The first-order valence-electron chi connectivity index (χ1n) is 9.00. The van der Waals surface area contributed by atoms with Gasteiger partial charge in [0.2, 0.25) is 5.91 Å². The van der Waals surface area contributed by atoms with Crippen LogP contribution in [0.1, 0.15) is 38.5 Å². The molecule has 6 nitrogen and oxygen atoms in total. The standard InChI is InChI=1S/C18H25ClN4O2/c19-15-11-14(7-8-16(15)23-10-9-20-17(24)12-23)22-18(25)21-13-5-3-1-2-4-6-13/h7-8,11,13H,1-6,9-10,12H2,(H,20,24)(H2,21,22,25). The summed E-state index contributed by atoms with van der Waals surface area (Å²) < 4.78 is 0. The molecule has 1 aromatic rings. The molecule has 1 saturated heterocycles. The zero-order chi connectivity index (χ0) is 17.6. The molecule has 0 atom stereocenters. The van der Waals surface area contributed by atoms with Crippen LogP contribution in [0, 0.1) is 0 Å². The summed E-state index contributed by atoms with van der Waals surface area (Å²) in [5, 5.41) is 9.23. The zero-order valence-electron chi connectivity index (χ0n) is 14.3. The Labute approximate surface area is 153 Å². The van der Waals surface area contributed by atoms with Crippen LogP contribution >= 0.6 is 11.6 Å². The van der Waals surface area contributed by atoms with Crippen LogP contribution in [0.4, 0.5) is 16.2 Å². The number of amides is 3. The molecule has 0 bridgehead atoms. The van der Waals surface area contributed by atoms with E-state index in [1.165, 1.54) is 25.7 Å². The molecular formula is C18H25ClN4O2. The highest BCUT2D eigenvalue weighted by Crippen LogP contribution is 2.29. The van der Waals surface area contributed by atoms with E-state index in [1.54, 1.807) is 6.07 Å². The van der Waals surface area contributed by atoms with Crippen molar-refractivity contribution in [1.29, 1.82) is 0 Å². The average molecular weight is 365 g/mol. The highest BCUT2D eigenvalue weighted by Gasteiger charge is 2.19. The fourth-order valence-corrected chi connectivity index (χ4v) is 3.76. The number of benzene rings is 1. The molecule has 3 amide bonds. The predicted octanol–water partition coefficient (Wildman–Crippen LogP) is 3.12. The van der Waals surface area contributed by atoms with E-state index in [9.17, 15) is 9.59 Å². The van der Waals surface area contributed by atoms with Crippen molar-refractivity contribution in [2.75, 3.05) is 29.9 Å². The van der Waals surface area contributed by atoms with Gasteiger partial charge in [0.15, 0.2) is 0 Å². The van der Waals surface area contributed by atoms with Gasteiger partial charge in [0.1, 0.15) is 0 Å². The summed E-state index contributed by atoms with van der Waals surface area (Å²) in [6, 6.07) is 5.47. The van der Waals surface area contributed by atoms with Gasteiger partial charge in [0, 0.05) is 24.8 Å². The summed E-state index contributed by atoms with van der Waals surface area (Å²) in [6.45, 7) is 1.63. The second-order valence-corrected chi connectivity index (χ2v) is 7.13. The Morgan fingerprint density at radius 1 is 1.20 bits per heavy atom. The third-order valence-electron chi connectivity index (χ3n) is 4.77. The molecule has 1 saturated carbocycles. The molecule has 0 aromatic heterocycles. The van der Waals surface area contributed by atoms with E-state index in [1.807, 2.05) is 17.0 Å². The van der Waals surface area contributed by atoms with Crippen molar-refractivity contribution in [3.8, 4) is 0 Å². The number of hydrogen-bond donors (Lipinski definition) is 3. The molecule has 3 rings (SSSR count). The Kier molecular flexibility index (Phi) is 6.02. The highest BCUT2D eigenvalue weighted by atomic mass is 35.5. The van der Waals surface area contributed by atoms with E-state index >= 15 is 0 Å². The lowest BCUT2D eigenvalue weighted by atomic mass is 10.1. The predicted molar refractivity (Wildman–Crippen MR) is 100 cm³/mol. The van der Waals surface area contributed by atoms with Crippen LogP contribution in [0.25, 0.3) is 0 Å². The van der Waals surface area contributed by atoms with Crippen molar-refractivity contribution in [3.05, 3.63) is 23.2 Å². The molecule has 1 aliphatic carbocycles. The number of halogens is 1. The molecule has 1 aliphatic heterocycles. The lowest BCUT2D eigenvalue weighted by Gasteiger charge is -2.29. The lowest BCUT2D eigenvalue weighted by Crippen LogP contribution is -2.47. The fraction of sp³-hybridized carbons (Fsp3) is 0.556. The van der Waals surface area contributed by atoms with Gasteiger partial charge in [-0.25, -0.2) is 4.79 Å². The smallest absolute Gasteiger partial charge is 0.319 e. The minimum absolute atomic E-state index is 0.00713. The molecule has 0 unspecified atom stereocenters. The second-order valence-electron chi connectivity index (χ2n) is 6.72. The third-order valence-corrected chi connectivity index (χ3v) is 5.08. The maximum Gasteiger partial charge on any atom is 0.319 e. The topological polar surface area (TPSA) is 73.5 Å². The number of piperazine rings is 1. The molecule has 1 aromatic carbocycles. The second kappa shape index (κ2) is 8.43. The van der Waals surface area contributed by atoms with Gasteiger partial charge in [-0.05, 0) is 31.0 Å². The number of carbonyl (C=O) groups excluding carboxylic acids is 2. The van der Waals surface area contributed by atoms with E-state index in [2.05, 4.69) is 16.0 Å². The first-order valence-corrected chi connectivity index (χ1v) is 9.38. The molecule has 136 valence electrons.